The van der Waals surface area contributed by atoms with Crippen LogP contribution in [-0.4, -0.2) is 45.0 Å². The van der Waals surface area contributed by atoms with Gasteiger partial charge in [0.2, 0.25) is 17.2 Å². The van der Waals surface area contributed by atoms with Crippen molar-refractivity contribution in [1.82, 2.24) is 29.8 Å². The zero-order valence-electron chi connectivity index (χ0n) is 26.3. The molecule has 0 spiro atoms. The molecule has 0 saturated carbocycles. The lowest BCUT2D eigenvalue weighted by atomic mass is 9.90. The van der Waals surface area contributed by atoms with Crippen LogP contribution in [0.1, 0.15) is 27.0 Å². The topological polar surface area (TPSA) is 181 Å². The zero-order chi connectivity index (χ0) is 33.4. The van der Waals surface area contributed by atoms with Crippen molar-refractivity contribution in [2.45, 2.75) is 19.8 Å². The van der Waals surface area contributed by atoms with E-state index in [1.54, 1.807) is 18.2 Å². The van der Waals surface area contributed by atoms with Crippen molar-refractivity contribution in [1.29, 1.82) is 0 Å². The number of hydrogen-bond donors (Lipinski definition) is 5. The zero-order valence-corrected chi connectivity index (χ0v) is 26.3. The maximum Gasteiger partial charge on any atom is 0.251 e. The number of rotatable bonds is 8. The van der Waals surface area contributed by atoms with Gasteiger partial charge in [0.1, 0.15) is 37.6 Å². The van der Waals surface area contributed by atoms with Gasteiger partial charge in [-0.25, -0.2) is 9.56 Å². The van der Waals surface area contributed by atoms with Crippen LogP contribution in [-0.2, 0) is 19.8 Å². The van der Waals surface area contributed by atoms with Gasteiger partial charge in [0.05, 0.1) is 19.0 Å². The average Bonchev–Trinajstić information content (AvgIpc) is 3.57. The van der Waals surface area contributed by atoms with E-state index in [2.05, 4.69) is 25.3 Å². The molecule has 7 rings (SSSR count). The van der Waals surface area contributed by atoms with E-state index in [0.717, 1.165) is 38.6 Å². The summed E-state index contributed by atoms with van der Waals surface area (Å²) in [5.74, 6) is 0.839. The van der Waals surface area contributed by atoms with Crippen molar-refractivity contribution in [2.24, 2.45) is 0 Å². The molecule has 12 nitrogen and oxygen atoms in total. The molecule has 1 aliphatic carbocycles. The number of amides is 1. The number of anilines is 2. The number of carbonyl (C=O) groups is 1. The van der Waals surface area contributed by atoms with Gasteiger partial charge in [0, 0.05) is 46.4 Å². The number of nitrogens with one attached hydrogen (secondary N) is 2. The normalized spacial score (nSPS) is 11.3. The highest BCUT2D eigenvalue weighted by Crippen LogP contribution is 2.41. The molecule has 3 aromatic carbocycles. The molecule has 48 heavy (non-hydrogen) atoms. The number of H-pyrrole nitrogens is 1. The monoisotopic (exact) mass is 641 g/mol. The van der Waals surface area contributed by atoms with Gasteiger partial charge in [-0.05, 0) is 52.6 Å². The Labute approximate surface area is 274 Å². The first-order valence-electron chi connectivity index (χ1n) is 15.2. The third-order valence-electron chi connectivity index (χ3n) is 8.17. The van der Waals surface area contributed by atoms with Crippen LogP contribution >= 0.6 is 0 Å². The first kappa shape index (κ1) is 30.4. The van der Waals surface area contributed by atoms with E-state index in [9.17, 15) is 9.90 Å². The number of imidazole rings is 1. The highest BCUT2D eigenvalue weighted by atomic mass is 16.5. The van der Waals surface area contributed by atoms with Gasteiger partial charge in [-0.15, -0.1) is 0 Å². The second-order valence-electron chi connectivity index (χ2n) is 11.6. The van der Waals surface area contributed by atoms with Gasteiger partial charge in [-0.1, -0.05) is 30.3 Å². The van der Waals surface area contributed by atoms with Gasteiger partial charge in [-0.2, -0.15) is 9.97 Å². The Hall–Kier alpha value is -6.27. The Kier molecular flexibility index (Phi) is 7.91. The number of aromatic nitrogens is 4. The number of hydrogen-bond acceptors (Lipinski definition) is 9. The Morgan fingerprint density at radius 2 is 1.75 bits per heavy atom. The van der Waals surface area contributed by atoms with Crippen LogP contribution in [0.3, 0.4) is 0 Å². The molecule has 1 aliphatic heterocycles. The standard InChI is InChI=1S/C36H32N8O4/c1-44(2)25-9-12-28-30(15-25)48-29-14-24(37)8-11-27(29)31(28)26-10-7-22(13-23(26)17-45)34(46)39-16-20-3-5-21(6-4-20)18-47-35-32-33(41-19-40-32)42-36(38)43-35/h3-15,19,45H,16-18H2,1-2H3,(H5,37,38,39,40,41,42,43,46)/p+1. The lowest BCUT2D eigenvalue weighted by Gasteiger charge is -2.18. The third-order valence-corrected chi connectivity index (χ3v) is 8.17. The summed E-state index contributed by atoms with van der Waals surface area (Å²) in [4.78, 5) is 28.5. The number of aromatic amines is 1. The first-order valence-corrected chi connectivity index (χ1v) is 15.2. The van der Waals surface area contributed by atoms with E-state index in [1.807, 2.05) is 79.3 Å². The molecule has 2 aliphatic rings. The van der Waals surface area contributed by atoms with E-state index in [-0.39, 0.29) is 25.1 Å². The van der Waals surface area contributed by atoms with Crippen molar-refractivity contribution >= 4 is 39.7 Å². The number of nitrogens with zero attached hydrogens (tertiary/aromatic N) is 4. The van der Waals surface area contributed by atoms with Crippen LogP contribution < -0.4 is 31.5 Å². The summed E-state index contributed by atoms with van der Waals surface area (Å²) in [6.45, 7) is 0.323. The van der Waals surface area contributed by atoms with Crippen LogP contribution in [0.2, 0.25) is 0 Å². The van der Waals surface area contributed by atoms with Gasteiger partial charge >= 0.3 is 0 Å². The molecule has 0 bridgehead atoms. The Morgan fingerprint density at radius 1 is 0.958 bits per heavy atom. The molecule has 0 radical (unpaired) electrons. The molecule has 240 valence electrons. The van der Waals surface area contributed by atoms with E-state index < -0.39 is 0 Å². The summed E-state index contributed by atoms with van der Waals surface area (Å²) in [6.07, 6.45) is 1.51. The van der Waals surface area contributed by atoms with Gasteiger partial charge < -0.3 is 36.0 Å². The number of fused-ring (bicyclic) bond motifs is 3. The minimum absolute atomic E-state index is 0.0822. The maximum absolute atomic E-state index is 13.3. The SMILES string of the molecule is C[N+](C)=c1ccc2c(-c3ccc(C(=O)NCc4ccc(COc5nc(N)nc6nc[nH]c56)cc4)cc3CO)c3ccc(N)cc3oc-2c1. The molecule has 0 saturated heterocycles. The van der Waals surface area contributed by atoms with Gasteiger partial charge in [-0.3, -0.25) is 4.79 Å². The van der Waals surface area contributed by atoms with Crippen molar-refractivity contribution in [3.05, 3.63) is 113 Å². The Morgan fingerprint density at radius 3 is 2.54 bits per heavy atom. The van der Waals surface area contributed by atoms with Crippen LogP contribution in [0.25, 0.3) is 44.6 Å². The summed E-state index contributed by atoms with van der Waals surface area (Å²) < 4.78 is 14.2. The lowest BCUT2D eigenvalue weighted by molar-refractivity contribution is 0.0950. The van der Waals surface area contributed by atoms with Crippen LogP contribution in [0.5, 0.6) is 5.88 Å². The molecule has 12 heteroatoms. The molecule has 5 aromatic rings. The summed E-state index contributed by atoms with van der Waals surface area (Å²) in [5, 5.41) is 15.3. The number of aliphatic hydroxyl groups excluding tert-OH is 1. The predicted molar refractivity (Wildman–Crippen MR) is 184 cm³/mol. The highest BCUT2D eigenvalue weighted by molar-refractivity contribution is 6.04. The number of benzene rings is 4. The number of nitrogens with two attached hydrogens (primary N) is 2. The van der Waals surface area contributed by atoms with E-state index in [4.69, 9.17) is 20.6 Å². The Bertz CT molecular complexity index is 2360. The Balaban J connectivity index is 1.10. The third kappa shape index (κ3) is 5.87. The second-order valence-corrected chi connectivity index (χ2v) is 11.6. The largest absolute Gasteiger partial charge is 0.471 e. The fraction of sp³-hybridized carbons (Fsp3) is 0.139. The second kappa shape index (κ2) is 12.5. The molecule has 0 unspecified atom stereocenters. The summed E-state index contributed by atoms with van der Waals surface area (Å²) in [7, 11) is 3.94. The average molecular weight is 642 g/mol. The van der Waals surface area contributed by atoms with E-state index in [1.165, 1.54) is 6.33 Å². The molecule has 7 N–H and O–H groups in total. The van der Waals surface area contributed by atoms with Crippen molar-refractivity contribution in [3.63, 3.8) is 0 Å². The minimum atomic E-state index is -0.257. The lowest BCUT2D eigenvalue weighted by Crippen LogP contribution is -2.23. The first-order chi connectivity index (χ1) is 23.3. The summed E-state index contributed by atoms with van der Waals surface area (Å²) in [6, 6.07) is 24.6. The fourth-order valence-electron chi connectivity index (χ4n) is 5.69. The van der Waals surface area contributed by atoms with Crippen LogP contribution in [0, 0.1) is 0 Å². The van der Waals surface area contributed by atoms with Crippen molar-refractivity contribution in [2.75, 3.05) is 25.6 Å². The molecule has 0 fully saturated rings. The van der Waals surface area contributed by atoms with Crippen molar-refractivity contribution < 1.29 is 19.1 Å². The quantitative estimate of drug-likeness (QED) is 0.0928. The van der Waals surface area contributed by atoms with Gasteiger partial charge in [0.15, 0.2) is 5.65 Å². The summed E-state index contributed by atoms with van der Waals surface area (Å²) >= 11 is 0. The fourth-order valence-corrected chi connectivity index (χ4v) is 5.69. The summed E-state index contributed by atoms with van der Waals surface area (Å²) in [5.41, 5.74) is 19.6. The maximum atomic E-state index is 13.3. The minimum Gasteiger partial charge on any atom is -0.471 e. The number of aliphatic hydroxyl groups is 1. The van der Waals surface area contributed by atoms with E-state index >= 15 is 0 Å². The molecule has 0 atom stereocenters. The molecule has 1 amide bonds. The van der Waals surface area contributed by atoms with Crippen LogP contribution in [0.15, 0.2) is 89.6 Å². The van der Waals surface area contributed by atoms with Crippen molar-refractivity contribution in [3.8, 4) is 28.3 Å². The number of nitrogen functional groups attached to an aromatic ring is 2. The number of ether oxygens (including phenoxy) is 1. The van der Waals surface area contributed by atoms with Crippen LogP contribution in [0.4, 0.5) is 11.6 Å². The predicted octanol–water partition coefficient (Wildman–Crippen LogP) is 4.07. The van der Waals surface area contributed by atoms with Gasteiger partial charge in [0.25, 0.3) is 5.91 Å². The smallest absolute Gasteiger partial charge is 0.251 e. The molecular formula is C36H33N8O4+. The van der Waals surface area contributed by atoms with E-state index in [0.29, 0.717) is 51.7 Å². The molecular weight excluding hydrogens is 608 g/mol. The highest BCUT2D eigenvalue weighted by Gasteiger charge is 2.21. The number of carbonyl (C=O) groups excluding carboxylic acids is 1. The molecule has 2 aromatic heterocycles. The molecule has 3 heterocycles.